The van der Waals surface area contributed by atoms with Gasteiger partial charge in [-0.25, -0.2) is 0 Å². The van der Waals surface area contributed by atoms with Crippen LogP contribution in [0.5, 0.6) is 11.5 Å². The lowest BCUT2D eigenvalue weighted by molar-refractivity contribution is -0.117. The Hall–Kier alpha value is -3.46. The molecule has 8 nitrogen and oxygen atoms in total. The van der Waals surface area contributed by atoms with Crippen LogP contribution in [0.25, 0.3) is 10.6 Å². The largest absolute Gasteiger partial charge is 0.497 e. The monoisotopic (exact) mass is 412 g/mol. The lowest BCUT2D eigenvalue weighted by atomic mass is 10.2. The molecular weight excluding hydrogens is 392 g/mol. The highest BCUT2D eigenvalue weighted by atomic mass is 32.1. The summed E-state index contributed by atoms with van der Waals surface area (Å²) >= 11 is 1.24. The predicted octanol–water partition coefficient (Wildman–Crippen LogP) is 2.98. The summed E-state index contributed by atoms with van der Waals surface area (Å²) in [6, 6.07) is 13.3. The fourth-order valence-electron chi connectivity index (χ4n) is 2.45. The van der Waals surface area contributed by atoms with Crippen LogP contribution >= 0.6 is 11.3 Å². The molecule has 0 aliphatic carbocycles. The Kier molecular flexibility index (Phi) is 6.40. The molecule has 1 atom stereocenters. The van der Waals surface area contributed by atoms with Gasteiger partial charge in [-0.05, 0) is 49.4 Å². The second-order valence-electron chi connectivity index (χ2n) is 6.06. The zero-order chi connectivity index (χ0) is 20.8. The average Bonchev–Trinajstić information content (AvgIpc) is 3.22. The number of methoxy groups -OCH3 is 2. The van der Waals surface area contributed by atoms with Gasteiger partial charge in [-0.1, -0.05) is 17.4 Å². The molecule has 0 saturated carbocycles. The van der Waals surface area contributed by atoms with Crippen molar-refractivity contribution in [2.45, 2.75) is 13.0 Å². The van der Waals surface area contributed by atoms with Crippen molar-refractivity contribution in [3.05, 3.63) is 54.1 Å². The third-order valence-electron chi connectivity index (χ3n) is 4.06. The minimum atomic E-state index is -0.762. The van der Waals surface area contributed by atoms with E-state index in [2.05, 4.69) is 20.8 Å². The maximum absolute atomic E-state index is 12.4. The highest BCUT2D eigenvalue weighted by Gasteiger charge is 2.19. The van der Waals surface area contributed by atoms with Gasteiger partial charge in [0.25, 0.3) is 5.91 Å². The fourth-order valence-corrected chi connectivity index (χ4v) is 3.20. The number of nitrogens with one attached hydrogen (secondary N) is 2. The number of carbonyl (C=O) groups excluding carboxylic acids is 2. The first-order chi connectivity index (χ1) is 14.0. The topological polar surface area (TPSA) is 102 Å². The number of ether oxygens (including phenoxy) is 2. The van der Waals surface area contributed by atoms with Crippen LogP contribution in [0.1, 0.15) is 17.3 Å². The molecule has 0 bridgehead atoms. The smallest absolute Gasteiger partial charge is 0.252 e. The van der Waals surface area contributed by atoms with E-state index < -0.39 is 11.9 Å². The van der Waals surface area contributed by atoms with Crippen LogP contribution in [0.4, 0.5) is 5.13 Å². The molecule has 0 fully saturated rings. The predicted molar refractivity (Wildman–Crippen MR) is 110 cm³/mol. The molecule has 2 aromatic carbocycles. The Balaban J connectivity index is 1.60. The highest BCUT2D eigenvalue weighted by molar-refractivity contribution is 7.18. The van der Waals surface area contributed by atoms with Crippen LogP contribution < -0.4 is 20.1 Å². The van der Waals surface area contributed by atoms with Gasteiger partial charge in [0.2, 0.25) is 11.0 Å². The molecule has 0 spiro atoms. The summed E-state index contributed by atoms with van der Waals surface area (Å²) in [5.41, 5.74) is 1.27. The minimum absolute atomic E-state index is 0.350. The first kappa shape index (κ1) is 20.3. The van der Waals surface area contributed by atoms with Gasteiger partial charge < -0.3 is 14.8 Å². The Bertz CT molecular complexity index is 1000. The molecule has 0 saturated heterocycles. The number of hydrogen-bond donors (Lipinski definition) is 2. The van der Waals surface area contributed by atoms with Crippen LogP contribution in [0.15, 0.2) is 48.5 Å². The minimum Gasteiger partial charge on any atom is -0.497 e. The zero-order valence-corrected chi connectivity index (χ0v) is 16.9. The number of anilines is 1. The first-order valence-corrected chi connectivity index (χ1v) is 9.55. The second kappa shape index (κ2) is 9.16. The molecular formula is C20H20N4O4S. The van der Waals surface area contributed by atoms with Crippen molar-refractivity contribution in [3.63, 3.8) is 0 Å². The number of aromatic nitrogens is 2. The number of amides is 2. The van der Waals surface area contributed by atoms with Gasteiger partial charge in [0.15, 0.2) is 0 Å². The van der Waals surface area contributed by atoms with Crippen LogP contribution in [0, 0.1) is 0 Å². The molecule has 3 rings (SSSR count). The van der Waals surface area contributed by atoms with E-state index in [0.717, 1.165) is 11.3 Å². The van der Waals surface area contributed by atoms with Crippen LogP contribution in [0.2, 0.25) is 0 Å². The number of rotatable bonds is 7. The molecule has 0 radical (unpaired) electrons. The van der Waals surface area contributed by atoms with Crippen molar-refractivity contribution >= 4 is 28.3 Å². The van der Waals surface area contributed by atoms with E-state index in [1.54, 1.807) is 38.3 Å². The lowest BCUT2D eigenvalue weighted by Crippen LogP contribution is -2.41. The maximum Gasteiger partial charge on any atom is 0.252 e. The summed E-state index contributed by atoms with van der Waals surface area (Å²) < 4.78 is 10.2. The molecule has 0 aliphatic heterocycles. The Labute approximate surface area is 171 Å². The molecule has 29 heavy (non-hydrogen) atoms. The molecule has 2 N–H and O–H groups in total. The third kappa shape index (κ3) is 5.08. The zero-order valence-electron chi connectivity index (χ0n) is 16.1. The lowest BCUT2D eigenvalue weighted by Gasteiger charge is -2.13. The van der Waals surface area contributed by atoms with E-state index in [1.165, 1.54) is 18.4 Å². The van der Waals surface area contributed by atoms with Crippen LogP contribution in [-0.2, 0) is 4.79 Å². The Morgan fingerprint density at radius 1 is 1.00 bits per heavy atom. The summed E-state index contributed by atoms with van der Waals surface area (Å²) in [6.45, 7) is 1.60. The van der Waals surface area contributed by atoms with Crippen molar-refractivity contribution in [2.75, 3.05) is 19.5 Å². The van der Waals surface area contributed by atoms with Crippen molar-refractivity contribution < 1.29 is 19.1 Å². The van der Waals surface area contributed by atoms with Gasteiger partial charge in [0, 0.05) is 11.1 Å². The molecule has 150 valence electrons. The SMILES string of the molecule is COc1ccc(-c2nnc(NC(=O)[C@@H](C)NC(=O)c3cccc(OC)c3)s2)cc1. The molecule has 0 aliphatic rings. The second-order valence-corrected chi connectivity index (χ2v) is 7.03. The van der Waals surface area contributed by atoms with Gasteiger partial charge >= 0.3 is 0 Å². The molecule has 1 heterocycles. The van der Waals surface area contributed by atoms with Crippen LogP contribution in [-0.4, -0.2) is 42.3 Å². The summed E-state index contributed by atoms with van der Waals surface area (Å²) in [7, 11) is 3.12. The van der Waals surface area contributed by atoms with E-state index in [1.807, 2.05) is 24.3 Å². The Morgan fingerprint density at radius 3 is 2.41 bits per heavy atom. The highest BCUT2D eigenvalue weighted by Crippen LogP contribution is 2.27. The quantitative estimate of drug-likeness (QED) is 0.619. The van der Waals surface area contributed by atoms with E-state index in [-0.39, 0.29) is 5.91 Å². The van der Waals surface area contributed by atoms with Gasteiger partial charge in [0.05, 0.1) is 14.2 Å². The Morgan fingerprint density at radius 2 is 1.72 bits per heavy atom. The van der Waals surface area contributed by atoms with E-state index in [4.69, 9.17) is 9.47 Å². The maximum atomic E-state index is 12.4. The molecule has 0 unspecified atom stereocenters. The molecule has 3 aromatic rings. The summed E-state index contributed by atoms with van der Waals surface area (Å²) in [6.07, 6.45) is 0. The van der Waals surface area contributed by atoms with Crippen molar-refractivity contribution in [3.8, 4) is 22.1 Å². The number of carbonyl (C=O) groups is 2. The van der Waals surface area contributed by atoms with Crippen LogP contribution in [0.3, 0.4) is 0 Å². The van der Waals surface area contributed by atoms with Gasteiger partial charge in [-0.3, -0.25) is 14.9 Å². The average molecular weight is 412 g/mol. The first-order valence-electron chi connectivity index (χ1n) is 8.74. The fraction of sp³-hybridized carbons (Fsp3) is 0.200. The van der Waals surface area contributed by atoms with E-state index >= 15 is 0 Å². The molecule has 2 amide bonds. The standard InChI is InChI=1S/C20H20N4O4S/c1-12(21-18(26)14-5-4-6-16(11-14)28-3)17(25)22-20-24-23-19(29-20)13-7-9-15(27-2)10-8-13/h4-12H,1-3H3,(H,21,26)(H,22,24,25)/t12-/m1/s1. The van der Waals surface area contributed by atoms with E-state index in [0.29, 0.717) is 21.5 Å². The van der Waals surface area contributed by atoms with Gasteiger partial charge in [-0.2, -0.15) is 0 Å². The molecule has 9 heteroatoms. The van der Waals surface area contributed by atoms with Crippen molar-refractivity contribution in [1.29, 1.82) is 0 Å². The number of benzene rings is 2. The number of hydrogen-bond acceptors (Lipinski definition) is 7. The van der Waals surface area contributed by atoms with Gasteiger partial charge in [-0.15, -0.1) is 10.2 Å². The van der Waals surface area contributed by atoms with E-state index in [9.17, 15) is 9.59 Å². The normalized spacial score (nSPS) is 11.4. The number of nitrogens with zero attached hydrogens (tertiary/aromatic N) is 2. The summed E-state index contributed by atoms with van der Waals surface area (Å²) in [5.74, 6) is 0.545. The van der Waals surface area contributed by atoms with Crippen molar-refractivity contribution in [1.82, 2.24) is 15.5 Å². The van der Waals surface area contributed by atoms with Crippen molar-refractivity contribution in [2.24, 2.45) is 0 Å². The third-order valence-corrected chi connectivity index (χ3v) is 4.95. The summed E-state index contributed by atoms with van der Waals surface area (Å²) in [4.78, 5) is 24.7. The summed E-state index contributed by atoms with van der Waals surface area (Å²) in [5, 5.41) is 14.4. The van der Waals surface area contributed by atoms with Gasteiger partial charge in [0.1, 0.15) is 22.5 Å². The molecule has 1 aromatic heterocycles.